The van der Waals surface area contributed by atoms with E-state index < -0.39 is 90.0 Å². The quantitative estimate of drug-likeness (QED) is 0.0253. The first-order valence-electron chi connectivity index (χ1n) is 35.3. The van der Waals surface area contributed by atoms with Crippen molar-refractivity contribution < 1.29 is 72.5 Å². The number of nitrogens with zero attached hydrogens (tertiary/aromatic N) is 3. The van der Waals surface area contributed by atoms with Gasteiger partial charge in [-0.3, -0.25) is 28.8 Å². The maximum absolute atomic E-state index is 14.8. The van der Waals surface area contributed by atoms with E-state index >= 15 is 0 Å². The molecule has 4 aliphatic heterocycles. The Morgan fingerprint density at radius 2 is 1.57 bits per heavy atom. The molecule has 0 spiro atoms. The number of thioether (sulfide) groups is 1. The van der Waals surface area contributed by atoms with E-state index in [-0.39, 0.29) is 73.4 Å². The number of H-pyrrole nitrogens is 1. The van der Waals surface area contributed by atoms with Gasteiger partial charge < -0.3 is 73.7 Å². The minimum absolute atomic E-state index is 0.0166. The number of aliphatic hydroxyl groups excluding tert-OH is 2. The van der Waals surface area contributed by atoms with Crippen LogP contribution in [0.2, 0.25) is 0 Å². The summed E-state index contributed by atoms with van der Waals surface area (Å²) in [6.45, 7) is 18.3. The van der Waals surface area contributed by atoms with Gasteiger partial charge in [0.15, 0.2) is 0 Å². The number of fused-ring (bicyclic) bond motifs is 4. The average molecular weight is 1370 g/mol. The number of ether oxygens (including phenoxy) is 6. The molecule has 3 saturated heterocycles. The molecule has 1 aliphatic carbocycles. The molecule has 15 atom stereocenters. The number of carbonyl (C=O) groups is 6. The van der Waals surface area contributed by atoms with Gasteiger partial charge in [-0.1, -0.05) is 56.7 Å². The highest BCUT2D eigenvalue weighted by Gasteiger charge is 2.57. The van der Waals surface area contributed by atoms with E-state index in [4.69, 9.17) is 28.4 Å². The van der Waals surface area contributed by atoms with Crippen LogP contribution in [0.4, 0.5) is 0 Å². The lowest BCUT2D eigenvalue weighted by atomic mass is 9.81. The number of methoxy groups -OCH3 is 4. The number of aryl methyl sites for hydroxylation is 1. The third-order valence-electron chi connectivity index (χ3n) is 21.5. The smallest absolute Gasteiger partial charge is 0.329 e. The van der Waals surface area contributed by atoms with E-state index in [0.717, 1.165) is 54.6 Å². The average Bonchev–Trinajstić information content (AvgIpc) is 1.70. The van der Waals surface area contributed by atoms with Crippen LogP contribution in [-0.2, 0) is 54.2 Å². The molecule has 1 saturated carbocycles. The van der Waals surface area contributed by atoms with Gasteiger partial charge in [0.1, 0.15) is 29.8 Å². The summed E-state index contributed by atoms with van der Waals surface area (Å²) < 4.78 is 38.1. The summed E-state index contributed by atoms with van der Waals surface area (Å²) in [6.07, 6.45) is 5.65. The number of Topliss-reactive ketones (excluding diaryl/α,β-unsaturated/α-hetero) is 2. The molecule has 23 heteroatoms. The Kier molecular flexibility index (Phi) is 28.2. The van der Waals surface area contributed by atoms with Crippen molar-refractivity contribution in [2.45, 2.75) is 219 Å². The molecule has 0 unspecified atom stereocenters. The Labute approximate surface area is 577 Å². The second-order valence-corrected chi connectivity index (χ2v) is 29.6. The third-order valence-corrected chi connectivity index (χ3v) is 22.5. The van der Waals surface area contributed by atoms with Crippen molar-refractivity contribution in [1.29, 1.82) is 0 Å². The number of likely N-dealkylation sites (tertiary alicyclic amines) is 1. The fourth-order valence-electron chi connectivity index (χ4n) is 15.8. The number of rotatable bonds is 21. The Balaban J connectivity index is 0.879. The molecule has 0 radical (unpaired) electrons. The maximum Gasteiger partial charge on any atom is 0.329 e. The standard InChI is InChI=1S/C74H110N6O16S/c1-43-34-44(2)36-63(93-11)68-64(94-12)38-46(4)74(90,96-68)69(85)72(88)79-28-16-15-21-57(79)73(89)95-67(45(3)37-51-22-23-58(81)62(40-51)92-10)48(6)59(82)41-60(83)53(35-43)18-17-32-97-33-26-65(84)75-27-31-78-29-24-52(25-30-78)49(7)80-50(8)66(54-19-13-14-20-56(54)80)71(87)76-42-55-61(91-9)39-47(5)77-70(55)86/h13-14,19-20,35,37,39,44,46,48-49,51-53,57-59,62-64,67-68,81-82,90H,15-18,21-34,36,38,40-42H2,1-12H3,(H,75,84)(H,76,87)(H,77,86)/b43-35+,45-37+/t44-,46+,48+,49-,51-,53+,57-,58+,59-,62+,63-,64-,67+,68+,74+/m0/s1. The van der Waals surface area contributed by atoms with Gasteiger partial charge in [0.2, 0.25) is 11.7 Å². The number of aromatic amines is 1. The molecule has 22 nitrogen and oxygen atoms in total. The second-order valence-electron chi connectivity index (χ2n) is 28.4. The topological polar surface area (TPSA) is 287 Å². The van der Waals surface area contributed by atoms with Crippen molar-refractivity contribution in [2.24, 2.45) is 35.5 Å². The van der Waals surface area contributed by atoms with E-state index in [0.29, 0.717) is 116 Å². The van der Waals surface area contributed by atoms with Crippen LogP contribution >= 0.6 is 11.8 Å². The Morgan fingerprint density at radius 1 is 0.856 bits per heavy atom. The zero-order chi connectivity index (χ0) is 70.4. The van der Waals surface area contributed by atoms with E-state index in [1.165, 1.54) is 26.2 Å². The number of amides is 3. The van der Waals surface area contributed by atoms with Crippen LogP contribution in [0.15, 0.2) is 58.4 Å². The monoisotopic (exact) mass is 1370 g/mol. The molecule has 6 heterocycles. The number of nitrogens with one attached hydrogen (secondary N) is 3. The number of para-hydroxylation sites is 1. The van der Waals surface area contributed by atoms with Gasteiger partial charge in [0.25, 0.3) is 23.2 Å². The van der Waals surface area contributed by atoms with Gasteiger partial charge in [0, 0.05) is 106 Å². The first-order chi connectivity index (χ1) is 46.3. The maximum atomic E-state index is 14.8. The lowest BCUT2D eigenvalue weighted by Crippen LogP contribution is -2.64. The van der Waals surface area contributed by atoms with Crippen LogP contribution in [0.1, 0.15) is 171 Å². The molecule has 97 heavy (non-hydrogen) atoms. The Hall–Kier alpha value is -5.76. The van der Waals surface area contributed by atoms with Gasteiger partial charge >= 0.3 is 5.97 Å². The minimum atomic E-state index is -2.56. The normalized spacial score (nSPS) is 30.6. The number of hydrogen-bond donors (Lipinski definition) is 6. The van der Waals surface area contributed by atoms with Crippen LogP contribution in [-0.4, -0.2) is 197 Å². The Bertz CT molecular complexity index is 3320. The van der Waals surface area contributed by atoms with Crippen LogP contribution in [0.25, 0.3) is 10.9 Å². The molecule has 538 valence electrons. The van der Waals surface area contributed by atoms with Crippen molar-refractivity contribution in [3.05, 3.63) is 86.5 Å². The summed E-state index contributed by atoms with van der Waals surface area (Å²) in [5.74, 6) is -6.32. The molecule has 4 fully saturated rings. The molecule has 2 aromatic heterocycles. The van der Waals surface area contributed by atoms with Crippen molar-refractivity contribution in [1.82, 2.24) is 30.0 Å². The molecule has 5 aliphatic rings. The summed E-state index contributed by atoms with van der Waals surface area (Å²) in [4.78, 5) is 105. The molecule has 8 rings (SSSR count). The summed E-state index contributed by atoms with van der Waals surface area (Å²) in [7, 11) is 6.12. The van der Waals surface area contributed by atoms with Gasteiger partial charge in [-0.15, -0.1) is 0 Å². The summed E-state index contributed by atoms with van der Waals surface area (Å²) in [5.41, 5.74) is 4.74. The molecule has 6 N–H and O–H groups in total. The molecule has 3 aromatic rings. The van der Waals surface area contributed by atoms with Gasteiger partial charge in [-0.2, -0.15) is 11.8 Å². The number of aromatic nitrogens is 2. The van der Waals surface area contributed by atoms with Gasteiger partial charge in [0.05, 0.1) is 55.3 Å². The van der Waals surface area contributed by atoms with Crippen LogP contribution in [0, 0.1) is 49.4 Å². The lowest BCUT2D eigenvalue weighted by Gasteiger charge is -2.47. The van der Waals surface area contributed by atoms with E-state index in [2.05, 4.69) is 45.0 Å². The number of esters is 1. The minimum Gasteiger partial charge on any atom is -0.496 e. The third kappa shape index (κ3) is 19.0. The number of allylic oxidation sites excluding steroid dienone is 3. The number of piperidine rings is 2. The Morgan fingerprint density at radius 3 is 2.28 bits per heavy atom. The largest absolute Gasteiger partial charge is 0.496 e. The van der Waals surface area contributed by atoms with Crippen LogP contribution in [0.5, 0.6) is 5.75 Å². The molecule has 1 aromatic carbocycles. The number of hydrogen-bond acceptors (Lipinski definition) is 18. The predicted octanol–water partition coefficient (Wildman–Crippen LogP) is 8.25. The first-order valence-corrected chi connectivity index (χ1v) is 36.5. The number of pyridine rings is 1. The van der Waals surface area contributed by atoms with Gasteiger partial charge in [-0.05, 0) is 172 Å². The molecular formula is C74H110N6O16S. The molecule has 3 amide bonds. The summed E-state index contributed by atoms with van der Waals surface area (Å²) in [6, 6.07) is 8.62. The number of ketones is 2. The SMILES string of the molecule is COc1cc(C)[nH]c(=O)c1CNC(=O)c1c(C)n([C@@H](C)C2CCN(CCNC(=O)CCSCCC[C@@H]3/C=C(\C)C[C@H](C)C[C@H](OC)[C@H]4O[C@@](O)(C(=O)C(=O)N5CCCC[C@H]5C(=O)O[C@H](/C(C)=C/[C@@H]5CC[C@@H](O)[C@H](OC)C5)[C@H](C)[C@@H](O)CC3=O)[C@H](C)C[C@@H]4OC)CC2)c2ccccc12. The fraction of sp³-hybridized carbons (Fsp3) is 0.689. The molecular weight excluding hydrogens is 1260 g/mol. The van der Waals surface area contributed by atoms with Crippen molar-refractivity contribution in [3.8, 4) is 5.75 Å². The predicted molar refractivity (Wildman–Crippen MR) is 372 cm³/mol. The first kappa shape index (κ1) is 77.0. The zero-order valence-electron chi connectivity index (χ0n) is 59.4. The highest BCUT2D eigenvalue weighted by atomic mass is 32.2. The van der Waals surface area contributed by atoms with E-state index in [1.54, 1.807) is 45.7 Å². The highest BCUT2D eigenvalue weighted by Crippen LogP contribution is 2.41. The van der Waals surface area contributed by atoms with Crippen LogP contribution in [0.3, 0.4) is 0 Å². The van der Waals surface area contributed by atoms with Gasteiger partial charge in [-0.25, -0.2) is 4.79 Å². The van der Waals surface area contributed by atoms with Crippen molar-refractivity contribution in [2.75, 3.05) is 72.7 Å². The number of benzene rings is 1. The van der Waals surface area contributed by atoms with E-state index in [1.807, 2.05) is 51.1 Å². The second kappa shape index (κ2) is 35.5. The fourth-order valence-corrected chi connectivity index (χ4v) is 16.7. The van der Waals surface area contributed by atoms with Crippen LogP contribution < -0.4 is 20.9 Å². The number of cyclic esters (lactones) is 1. The summed E-state index contributed by atoms with van der Waals surface area (Å²) in [5, 5.41) is 42.1. The van der Waals surface area contributed by atoms with Crippen molar-refractivity contribution in [3.63, 3.8) is 0 Å². The van der Waals surface area contributed by atoms with E-state index in [9.17, 15) is 48.9 Å². The zero-order valence-corrected chi connectivity index (χ0v) is 60.2. The summed E-state index contributed by atoms with van der Waals surface area (Å²) >= 11 is 1.65. The van der Waals surface area contributed by atoms with Crippen molar-refractivity contribution >= 4 is 57.9 Å². The highest BCUT2D eigenvalue weighted by molar-refractivity contribution is 7.99. The number of carbonyl (C=O) groups excluding carboxylic acids is 6. The molecule has 2 bridgehead atoms. The lowest BCUT2D eigenvalue weighted by molar-refractivity contribution is -0.302. The number of aliphatic hydroxyl groups is 3.